The number of hydrogen-bond donors (Lipinski definition) is 0. The molecule has 1 heterocycles. The van der Waals surface area contributed by atoms with Gasteiger partial charge in [-0.25, -0.2) is 0 Å². The first-order chi connectivity index (χ1) is 9.61. The number of benzene rings is 1. The Morgan fingerprint density at radius 2 is 2.05 bits per heavy atom. The van der Waals surface area contributed by atoms with Crippen molar-refractivity contribution in [1.29, 1.82) is 0 Å². The summed E-state index contributed by atoms with van der Waals surface area (Å²) in [4.78, 5) is 16.2. The fourth-order valence-electron chi connectivity index (χ4n) is 2.60. The van der Waals surface area contributed by atoms with Gasteiger partial charge in [0.1, 0.15) is 0 Å². The van der Waals surface area contributed by atoms with Crippen molar-refractivity contribution < 1.29 is 9.53 Å². The molecule has 0 radical (unpaired) electrons. The Labute approximate surface area is 121 Å². The van der Waals surface area contributed by atoms with Gasteiger partial charge in [0.15, 0.2) is 0 Å². The lowest BCUT2D eigenvalue weighted by Crippen LogP contribution is -2.37. The highest BCUT2D eigenvalue weighted by molar-refractivity contribution is 5.73. The van der Waals surface area contributed by atoms with E-state index in [9.17, 15) is 4.79 Å². The molecule has 0 aliphatic carbocycles. The second-order valence-corrected chi connectivity index (χ2v) is 5.43. The molecule has 1 aliphatic heterocycles. The molecule has 0 unspecified atom stereocenters. The molecule has 20 heavy (non-hydrogen) atoms. The lowest BCUT2D eigenvalue weighted by molar-refractivity contribution is -0.148. The molecule has 4 heteroatoms. The largest absolute Gasteiger partial charge is 0.466 e. The summed E-state index contributed by atoms with van der Waals surface area (Å²) in [6, 6.07) is 8.53. The van der Waals surface area contributed by atoms with Crippen LogP contribution in [-0.4, -0.2) is 39.8 Å². The van der Waals surface area contributed by atoms with Gasteiger partial charge >= 0.3 is 5.97 Å². The van der Waals surface area contributed by atoms with Crippen molar-refractivity contribution in [2.45, 2.75) is 19.8 Å². The minimum atomic E-state index is -0.0332. The van der Waals surface area contributed by atoms with Crippen LogP contribution in [0.5, 0.6) is 0 Å². The summed E-state index contributed by atoms with van der Waals surface area (Å²) in [5.41, 5.74) is 2.44. The normalized spacial score (nSPS) is 16.1. The lowest BCUT2D eigenvalue weighted by Gasteiger charge is -2.33. The number of ether oxygens (including phenoxy) is 1. The SMILES string of the molecule is CCOC(=O)C1CCN(c2cccc(N(C)C)c2)CC1. The summed E-state index contributed by atoms with van der Waals surface area (Å²) in [5.74, 6) is 0.0393. The number of carbonyl (C=O) groups excluding carboxylic acids is 1. The van der Waals surface area contributed by atoms with E-state index >= 15 is 0 Å². The zero-order valence-electron chi connectivity index (χ0n) is 12.6. The van der Waals surface area contributed by atoms with Crippen molar-refractivity contribution in [3.63, 3.8) is 0 Å². The van der Waals surface area contributed by atoms with Crippen molar-refractivity contribution in [2.24, 2.45) is 5.92 Å². The van der Waals surface area contributed by atoms with Crippen LogP contribution in [0.4, 0.5) is 11.4 Å². The van der Waals surface area contributed by atoms with Crippen LogP contribution in [0, 0.1) is 5.92 Å². The van der Waals surface area contributed by atoms with E-state index in [0.29, 0.717) is 6.61 Å². The average molecular weight is 276 g/mol. The molecule has 0 N–H and O–H groups in total. The highest BCUT2D eigenvalue weighted by atomic mass is 16.5. The van der Waals surface area contributed by atoms with Crippen molar-refractivity contribution in [2.75, 3.05) is 43.6 Å². The minimum Gasteiger partial charge on any atom is -0.466 e. The molecule has 0 amide bonds. The third-order valence-corrected chi connectivity index (χ3v) is 3.83. The van der Waals surface area contributed by atoms with Gasteiger partial charge in [0, 0.05) is 38.6 Å². The Morgan fingerprint density at radius 1 is 1.35 bits per heavy atom. The molecule has 0 spiro atoms. The van der Waals surface area contributed by atoms with Crippen LogP contribution in [0.25, 0.3) is 0 Å². The number of anilines is 2. The molecule has 1 aromatic rings. The molecule has 0 atom stereocenters. The fraction of sp³-hybridized carbons (Fsp3) is 0.562. The maximum atomic E-state index is 11.7. The fourth-order valence-corrected chi connectivity index (χ4v) is 2.60. The topological polar surface area (TPSA) is 32.8 Å². The Morgan fingerprint density at radius 3 is 2.65 bits per heavy atom. The summed E-state index contributed by atoms with van der Waals surface area (Å²) in [6.45, 7) is 4.17. The van der Waals surface area contributed by atoms with Gasteiger partial charge in [0.05, 0.1) is 12.5 Å². The smallest absolute Gasteiger partial charge is 0.309 e. The van der Waals surface area contributed by atoms with Gasteiger partial charge < -0.3 is 14.5 Å². The molecule has 0 aromatic heterocycles. The highest BCUT2D eigenvalue weighted by Gasteiger charge is 2.26. The molecule has 1 aliphatic rings. The second kappa shape index (κ2) is 6.64. The lowest BCUT2D eigenvalue weighted by atomic mass is 9.96. The molecular formula is C16H24N2O2. The van der Waals surface area contributed by atoms with E-state index in [-0.39, 0.29) is 11.9 Å². The number of rotatable bonds is 4. The zero-order chi connectivity index (χ0) is 14.5. The summed E-state index contributed by atoms with van der Waals surface area (Å²) >= 11 is 0. The summed E-state index contributed by atoms with van der Waals surface area (Å²) in [7, 11) is 4.10. The van der Waals surface area contributed by atoms with E-state index in [0.717, 1.165) is 25.9 Å². The predicted molar refractivity (Wildman–Crippen MR) is 82.3 cm³/mol. The molecule has 1 saturated heterocycles. The van der Waals surface area contributed by atoms with E-state index in [1.165, 1.54) is 11.4 Å². The standard InChI is InChI=1S/C16H24N2O2/c1-4-20-16(19)13-8-10-18(11-9-13)15-7-5-6-14(12-15)17(2)3/h5-7,12-13H,4,8-11H2,1-3H3. The molecular weight excluding hydrogens is 252 g/mol. The van der Waals surface area contributed by atoms with Gasteiger partial charge in [-0.1, -0.05) is 6.07 Å². The Bertz CT molecular complexity index is 452. The average Bonchev–Trinajstić information content (AvgIpc) is 2.48. The van der Waals surface area contributed by atoms with Crippen LogP contribution in [0.2, 0.25) is 0 Å². The van der Waals surface area contributed by atoms with Gasteiger partial charge in [0.25, 0.3) is 0 Å². The molecule has 110 valence electrons. The molecule has 2 rings (SSSR count). The van der Waals surface area contributed by atoms with Gasteiger partial charge in [-0.2, -0.15) is 0 Å². The number of carbonyl (C=O) groups is 1. The Hall–Kier alpha value is -1.71. The maximum absolute atomic E-state index is 11.7. The van der Waals surface area contributed by atoms with Crippen LogP contribution in [0.15, 0.2) is 24.3 Å². The monoisotopic (exact) mass is 276 g/mol. The van der Waals surface area contributed by atoms with Crippen LogP contribution in [-0.2, 0) is 9.53 Å². The molecule has 0 bridgehead atoms. The summed E-state index contributed by atoms with van der Waals surface area (Å²) in [6.07, 6.45) is 1.76. The number of nitrogens with zero attached hydrogens (tertiary/aromatic N) is 2. The minimum absolute atomic E-state index is 0.0332. The summed E-state index contributed by atoms with van der Waals surface area (Å²) < 4.78 is 5.11. The first-order valence-electron chi connectivity index (χ1n) is 7.30. The van der Waals surface area contributed by atoms with Crippen LogP contribution < -0.4 is 9.80 Å². The highest BCUT2D eigenvalue weighted by Crippen LogP contribution is 2.26. The molecule has 0 saturated carbocycles. The second-order valence-electron chi connectivity index (χ2n) is 5.43. The first-order valence-corrected chi connectivity index (χ1v) is 7.30. The Kier molecular flexibility index (Phi) is 4.88. The number of esters is 1. The number of hydrogen-bond acceptors (Lipinski definition) is 4. The zero-order valence-corrected chi connectivity index (χ0v) is 12.6. The van der Waals surface area contributed by atoms with Gasteiger partial charge in [-0.3, -0.25) is 4.79 Å². The molecule has 4 nitrogen and oxygen atoms in total. The van der Waals surface area contributed by atoms with Crippen LogP contribution in [0.3, 0.4) is 0 Å². The van der Waals surface area contributed by atoms with Crippen molar-refractivity contribution in [3.8, 4) is 0 Å². The van der Waals surface area contributed by atoms with E-state index in [1.807, 2.05) is 21.0 Å². The molecule has 1 aromatic carbocycles. The van der Waals surface area contributed by atoms with Crippen LogP contribution in [0.1, 0.15) is 19.8 Å². The van der Waals surface area contributed by atoms with Crippen molar-refractivity contribution in [1.82, 2.24) is 0 Å². The van der Waals surface area contributed by atoms with E-state index in [2.05, 4.69) is 34.1 Å². The van der Waals surface area contributed by atoms with Gasteiger partial charge in [-0.05, 0) is 38.0 Å². The van der Waals surface area contributed by atoms with E-state index < -0.39 is 0 Å². The van der Waals surface area contributed by atoms with E-state index in [1.54, 1.807) is 0 Å². The quantitative estimate of drug-likeness (QED) is 0.791. The maximum Gasteiger partial charge on any atom is 0.309 e. The molecule has 1 fully saturated rings. The predicted octanol–water partition coefficient (Wildman–Crippen LogP) is 2.53. The first kappa shape index (κ1) is 14.7. The van der Waals surface area contributed by atoms with Crippen molar-refractivity contribution in [3.05, 3.63) is 24.3 Å². The third-order valence-electron chi connectivity index (χ3n) is 3.83. The van der Waals surface area contributed by atoms with Crippen molar-refractivity contribution >= 4 is 17.3 Å². The number of piperidine rings is 1. The third kappa shape index (κ3) is 3.44. The van der Waals surface area contributed by atoms with Crippen LogP contribution >= 0.6 is 0 Å². The summed E-state index contributed by atoms with van der Waals surface area (Å²) in [5, 5.41) is 0. The van der Waals surface area contributed by atoms with E-state index in [4.69, 9.17) is 4.74 Å². The van der Waals surface area contributed by atoms with Gasteiger partial charge in [0.2, 0.25) is 0 Å². The Balaban J connectivity index is 1.97. The van der Waals surface area contributed by atoms with Gasteiger partial charge in [-0.15, -0.1) is 0 Å².